The molecule has 56 valence electrons. The lowest BCUT2D eigenvalue weighted by Crippen LogP contribution is -2.13. The van der Waals surface area contributed by atoms with E-state index in [1.165, 1.54) is 0 Å². The van der Waals surface area contributed by atoms with Crippen molar-refractivity contribution in [3.05, 3.63) is 23.1 Å². The summed E-state index contributed by atoms with van der Waals surface area (Å²) in [5.41, 5.74) is 5.36. The fourth-order valence-electron chi connectivity index (χ4n) is 0.295. The number of hydrogen-bond donors (Lipinski definition) is 2. The lowest BCUT2D eigenvalue weighted by atomic mass is 10.5. The first-order valence-electron chi connectivity index (χ1n) is 2.68. The van der Waals surface area contributed by atoms with Crippen LogP contribution in [-0.4, -0.2) is 13.8 Å². The smallest absolute Gasteiger partial charge is 0.128 e. The van der Waals surface area contributed by atoms with E-state index in [0.717, 1.165) is 0 Å². The van der Waals surface area contributed by atoms with E-state index in [-0.39, 0.29) is 0 Å². The lowest BCUT2D eigenvalue weighted by molar-refractivity contribution is 0.965. The predicted octanol–water partition coefficient (Wildman–Crippen LogP) is 0.787. The van der Waals surface area contributed by atoms with Crippen molar-refractivity contribution < 1.29 is 0 Å². The number of nitrogens with zero attached hydrogens (tertiary/aromatic N) is 1. The molecule has 0 aliphatic rings. The third kappa shape index (κ3) is 3.97. The normalized spacial score (nSPS) is 13.0. The zero-order valence-corrected chi connectivity index (χ0v) is 6.52. The fraction of sp³-hybridized carbons (Fsp3) is 0.167. The highest BCUT2D eigenvalue weighted by molar-refractivity contribution is 6.29. The zero-order valence-electron chi connectivity index (χ0n) is 5.76. The number of nitrogens with two attached hydrogens (primary N) is 1. The number of aliphatic imine (C=N–C) groups is 1. The Bertz CT molecular complexity index is 172. The Balaban J connectivity index is 4.03. The minimum absolute atomic E-state index is 0.318. The lowest BCUT2D eigenvalue weighted by Gasteiger charge is -1.94. The molecule has 0 saturated heterocycles. The van der Waals surface area contributed by atoms with Crippen molar-refractivity contribution in [1.82, 2.24) is 5.32 Å². The monoisotopic (exact) mass is 159 g/mol. The van der Waals surface area contributed by atoms with Crippen molar-refractivity contribution in [2.24, 2.45) is 10.7 Å². The van der Waals surface area contributed by atoms with Crippen LogP contribution in [0.1, 0.15) is 0 Å². The number of nitrogens with one attached hydrogen (secondary N) is 1. The SMILES string of the molecule is C=N/C(Cl)=C\C=C(/N)NC. The van der Waals surface area contributed by atoms with Crippen LogP contribution in [0.2, 0.25) is 0 Å². The van der Waals surface area contributed by atoms with Gasteiger partial charge in [0.1, 0.15) is 5.16 Å². The third-order valence-corrected chi connectivity index (χ3v) is 1.09. The summed E-state index contributed by atoms with van der Waals surface area (Å²) in [6.07, 6.45) is 3.16. The Labute approximate surface area is 65.3 Å². The Hall–Kier alpha value is -0.960. The van der Waals surface area contributed by atoms with Crippen molar-refractivity contribution >= 4 is 18.3 Å². The van der Waals surface area contributed by atoms with Crippen LogP contribution in [0.25, 0.3) is 0 Å². The first-order valence-corrected chi connectivity index (χ1v) is 3.06. The summed E-state index contributed by atoms with van der Waals surface area (Å²) in [7, 11) is 1.72. The molecule has 3 nitrogen and oxygen atoms in total. The molecule has 10 heavy (non-hydrogen) atoms. The van der Waals surface area contributed by atoms with Gasteiger partial charge in [-0.25, -0.2) is 0 Å². The van der Waals surface area contributed by atoms with E-state index in [9.17, 15) is 0 Å². The van der Waals surface area contributed by atoms with Crippen molar-refractivity contribution in [1.29, 1.82) is 0 Å². The van der Waals surface area contributed by atoms with Crippen molar-refractivity contribution in [2.45, 2.75) is 0 Å². The summed E-state index contributed by atoms with van der Waals surface area (Å²) in [6.45, 7) is 3.22. The van der Waals surface area contributed by atoms with Crippen LogP contribution in [0.15, 0.2) is 28.1 Å². The van der Waals surface area contributed by atoms with E-state index in [1.807, 2.05) is 0 Å². The summed E-state index contributed by atoms with van der Waals surface area (Å²) in [4.78, 5) is 3.44. The van der Waals surface area contributed by atoms with E-state index < -0.39 is 0 Å². The molecule has 0 amide bonds. The molecule has 0 aliphatic carbocycles. The molecule has 0 rings (SSSR count). The Kier molecular flexibility index (Phi) is 4.41. The van der Waals surface area contributed by atoms with Gasteiger partial charge < -0.3 is 11.1 Å². The molecule has 0 aliphatic heterocycles. The molecule has 3 N–H and O–H groups in total. The first-order chi connectivity index (χ1) is 4.70. The highest BCUT2D eigenvalue weighted by Crippen LogP contribution is 2.00. The number of allylic oxidation sites excluding steroid dienone is 2. The Morgan fingerprint density at radius 1 is 1.70 bits per heavy atom. The molecular formula is C6H10ClN3. The second-order valence-electron chi connectivity index (χ2n) is 1.52. The van der Waals surface area contributed by atoms with E-state index in [2.05, 4.69) is 17.0 Å². The van der Waals surface area contributed by atoms with E-state index in [0.29, 0.717) is 11.0 Å². The maximum absolute atomic E-state index is 5.47. The van der Waals surface area contributed by atoms with E-state index >= 15 is 0 Å². The van der Waals surface area contributed by atoms with Gasteiger partial charge in [0.15, 0.2) is 0 Å². The van der Waals surface area contributed by atoms with Crippen molar-refractivity contribution in [2.75, 3.05) is 7.05 Å². The number of halogens is 1. The first kappa shape index (κ1) is 9.04. The van der Waals surface area contributed by atoms with Crippen LogP contribution in [0.5, 0.6) is 0 Å². The van der Waals surface area contributed by atoms with Gasteiger partial charge in [-0.2, -0.15) is 0 Å². The maximum atomic E-state index is 5.47. The molecular weight excluding hydrogens is 150 g/mol. The fourth-order valence-corrected chi connectivity index (χ4v) is 0.358. The molecule has 0 bridgehead atoms. The van der Waals surface area contributed by atoms with E-state index in [4.69, 9.17) is 17.3 Å². The minimum atomic E-state index is 0.318. The third-order valence-electron chi connectivity index (χ3n) is 0.840. The van der Waals surface area contributed by atoms with Gasteiger partial charge in [0, 0.05) is 7.05 Å². The quantitative estimate of drug-likeness (QED) is 0.364. The summed E-state index contributed by atoms with van der Waals surface area (Å²) in [5, 5.41) is 3.04. The zero-order chi connectivity index (χ0) is 7.98. The second-order valence-corrected chi connectivity index (χ2v) is 1.91. The van der Waals surface area contributed by atoms with E-state index in [1.54, 1.807) is 19.2 Å². The Morgan fingerprint density at radius 3 is 2.70 bits per heavy atom. The van der Waals surface area contributed by atoms with Gasteiger partial charge in [0.2, 0.25) is 0 Å². The highest BCUT2D eigenvalue weighted by Gasteiger charge is 1.81. The Morgan fingerprint density at radius 2 is 2.30 bits per heavy atom. The summed E-state index contributed by atoms with van der Waals surface area (Å²) >= 11 is 5.47. The summed E-state index contributed by atoms with van der Waals surface area (Å²) < 4.78 is 0. The predicted molar refractivity (Wildman–Crippen MR) is 44.8 cm³/mol. The summed E-state index contributed by atoms with van der Waals surface area (Å²) in [6, 6.07) is 0. The number of hydrogen-bond acceptors (Lipinski definition) is 3. The van der Waals surface area contributed by atoms with Crippen LogP contribution in [-0.2, 0) is 0 Å². The molecule has 0 fully saturated rings. The molecule has 0 heterocycles. The molecule has 0 aromatic carbocycles. The van der Waals surface area contributed by atoms with Crippen LogP contribution in [0.4, 0.5) is 0 Å². The average Bonchev–Trinajstić information content (AvgIpc) is 1.99. The van der Waals surface area contributed by atoms with Gasteiger partial charge in [-0.15, -0.1) is 0 Å². The molecule has 0 unspecified atom stereocenters. The molecule has 0 saturated carbocycles. The molecule has 0 radical (unpaired) electrons. The molecule has 0 spiro atoms. The van der Waals surface area contributed by atoms with Crippen molar-refractivity contribution in [3.63, 3.8) is 0 Å². The number of rotatable bonds is 3. The van der Waals surface area contributed by atoms with Gasteiger partial charge in [0.25, 0.3) is 0 Å². The molecule has 0 aromatic rings. The van der Waals surface area contributed by atoms with Gasteiger partial charge in [0.05, 0.1) is 5.82 Å². The molecule has 4 heteroatoms. The minimum Gasteiger partial charge on any atom is -0.386 e. The second kappa shape index (κ2) is 4.88. The van der Waals surface area contributed by atoms with Gasteiger partial charge in [-0.1, -0.05) is 11.6 Å². The van der Waals surface area contributed by atoms with Crippen LogP contribution >= 0.6 is 11.6 Å². The average molecular weight is 160 g/mol. The summed E-state index contributed by atoms with van der Waals surface area (Å²) in [5.74, 6) is 0.529. The van der Waals surface area contributed by atoms with Crippen LogP contribution in [0.3, 0.4) is 0 Å². The van der Waals surface area contributed by atoms with Gasteiger partial charge in [-0.3, -0.25) is 4.99 Å². The molecule has 0 aromatic heterocycles. The highest BCUT2D eigenvalue weighted by atomic mass is 35.5. The standard InChI is InChI=1S/C6H10ClN3/c1-9-5(7)3-4-6(8)10-2/h3-4,10H,1,8H2,2H3/b5-3-,6-4+. The maximum Gasteiger partial charge on any atom is 0.128 e. The van der Waals surface area contributed by atoms with Crippen LogP contribution < -0.4 is 11.1 Å². The van der Waals surface area contributed by atoms with Crippen LogP contribution in [0, 0.1) is 0 Å². The largest absolute Gasteiger partial charge is 0.386 e. The van der Waals surface area contributed by atoms with Gasteiger partial charge >= 0.3 is 0 Å². The topological polar surface area (TPSA) is 50.4 Å². The molecule has 0 atom stereocenters. The van der Waals surface area contributed by atoms with Gasteiger partial charge in [-0.05, 0) is 18.9 Å². The van der Waals surface area contributed by atoms with Crippen molar-refractivity contribution in [3.8, 4) is 0 Å².